The molecule has 0 radical (unpaired) electrons. The van der Waals surface area contributed by atoms with Gasteiger partial charge in [0.15, 0.2) is 5.82 Å². The van der Waals surface area contributed by atoms with E-state index in [-0.39, 0.29) is 11.5 Å². The Kier molecular flexibility index (Phi) is 5.59. The third kappa shape index (κ3) is 4.44. The lowest BCUT2D eigenvalue weighted by Gasteiger charge is -2.16. The van der Waals surface area contributed by atoms with E-state index < -0.39 is 7.59 Å². The number of ether oxygens (including phenoxy) is 1. The molecule has 0 saturated heterocycles. The summed E-state index contributed by atoms with van der Waals surface area (Å²) in [5, 5.41) is 0. The molecule has 0 unspecified atom stereocenters. The van der Waals surface area contributed by atoms with Crippen LogP contribution in [0.5, 0.6) is 5.75 Å². The molecule has 1 heterocycles. The van der Waals surface area contributed by atoms with E-state index in [2.05, 4.69) is 9.97 Å². The lowest BCUT2D eigenvalue weighted by atomic mass is 10.1. The lowest BCUT2D eigenvalue weighted by molar-refractivity contribution is 0.415. The molecule has 22 heavy (non-hydrogen) atoms. The van der Waals surface area contributed by atoms with Gasteiger partial charge in [-0.05, 0) is 30.3 Å². The van der Waals surface area contributed by atoms with E-state index in [1.807, 2.05) is 0 Å². The number of benzene rings is 1. The van der Waals surface area contributed by atoms with Crippen LogP contribution in [-0.2, 0) is 7.59 Å². The highest BCUT2D eigenvalue weighted by atomic mass is 35.6. The summed E-state index contributed by atoms with van der Waals surface area (Å²) >= 11 is 35.2. The van der Waals surface area contributed by atoms with Crippen molar-refractivity contribution in [2.24, 2.45) is 0 Å². The zero-order valence-electron chi connectivity index (χ0n) is 11.0. The molecule has 1 aromatic heterocycles. The molecule has 1 aromatic carbocycles. The number of methoxy groups -OCH3 is 1. The number of nitrogens with zero attached hydrogens (tertiary/aromatic N) is 2. The zero-order valence-corrected chi connectivity index (χ0v) is 15.5. The average Bonchev–Trinajstić information content (AvgIpc) is 2.45. The van der Waals surface area contributed by atoms with Gasteiger partial charge >= 0.3 is 0 Å². The molecule has 0 bridgehead atoms. The minimum absolute atomic E-state index is 0.0767. The second kappa shape index (κ2) is 6.76. The molecule has 9 heteroatoms. The van der Waals surface area contributed by atoms with Gasteiger partial charge in [-0.25, -0.2) is 9.97 Å². The molecule has 0 N–H and O–H groups in total. The smallest absolute Gasteiger partial charge is 0.250 e. The van der Waals surface area contributed by atoms with Gasteiger partial charge in [-0.3, -0.25) is 0 Å². The first-order valence-corrected chi connectivity index (χ1v) is 8.06. The van der Waals surface area contributed by atoms with Gasteiger partial charge in [0.1, 0.15) is 5.75 Å². The van der Waals surface area contributed by atoms with E-state index in [9.17, 15) is 0 Å². The average molecular weight is 421 g/mol. The van der Waals surface area contributed by atoms with Crippen molar-refractivity contribution in [3.63, 3.8) is 0 Å². The molecule has 2 aromatic rings. The third-order valence-corrected chi connectivity index (χ3v) is 3.74. The Morgan fingerprint density at radius 1 is 0.864 bits per heavy atom. The summed E-state index contributed by atoms with van der Waals surface area (Å²) in [7, 11) is 1.57. The maximum atomic E-state index is 5.88. The second-order valence-electron chi connectivity index (χ2n) is 4.19. The van der Waals surface area contributed by atoms with Crippen molar-refractivity contribution >= 4 is 69.6 Å². The molecule has 2 rings (SSSR count). The molecule has 0 fully saturated rings. The molecule has 0 amide bonds. The first-order valence-electron chi connectivity index (χ1n) is 5.79. The van der Waals surface area contributed by atoms with Gasteiger partial charge in [0.2, 0.25) is 7.59 Å². The van der Waals surface area contributed by atoms with Crippen LogP contribution in [0.1, 0.15) is 11.5 Å². The molecule has 0 spiro atoms. The summed E-state index contributed by atoms with van der Waals surface area (Å²) in [5.41, 5.74) is 1.30. The van der Waals surface area contributed by atoms with Crippen LogP contribution in [0.25, 0.3) is 11.3 Å². The third-order valence-electron chi connectivity index (χ3n) is 2.66. The molecule has 0 aliphatic carbocycles. The molecule has 0 saturated carbocycles. The Hall–Kier alpha value is -0.160. The van der Waals surface area contributed by atoms with Crippen LogP contribution >= 0.6 is 69.6 Å². The lowest BCUT2D eigenvalue weighted by Crippen LogP contribution is -2.14. The first kappa shape index (κ1) is 18.2. The minimum Gasteiger partial charge on any atom is -0.497 e. The van der Waals surface area contributed by atoms with Crippen molar-refractivity contribution in [2.75, 3.05) is 7.11 Å². The van der Waals surface area contributed by atoms with E-state index in [1.165, 1.54) is 6.07 Å². The highest BCUT2D eigenvalue weighted by molar-refractivity contribution is 6.67. The summed E-state index contributed by atoms with van der Waals surface area (Å²) in [6.45, 7) is 0. The molecule has 118 valence electrons. The zero-order chi connectivity index (χ0) is 16.5. The highest BCUT2D eigenvalue weighted by Crippen LogP contribution is 2.42. The van der Waals surface area contributed by atoms with Gasteiger partial charge in [-0.15, -0.1) is 0 Å². The van der Waals surface area contributed by atoms with E-state index in [1.54, 1.807) is 31.4 Å². The number of halogens is 6. The minimum atomic E-state index is -1.84. The van der Waals surface area contributed by atoms with Crippen molar-refractivity contribution in [2.45, 2.75) is 7.59 Å². The molecular formula is C13H8Cl6N2O. The van der Waals surface area contributed by atoms with Crippen molar-refractivity contribution in [1.82, 2.24) is 9.97 Å². The van der Waals surface area contributed by atoms with Crippen LogP contribution in [0.2, 0.25) is 0 Å². The Labute approximate surface area is 157 Å². The Morgan fingerprint density at radius 2 is 1.45 bits per heavy atom. The Morgan fingerprint density at radius 3 is 1.91 bits per heavy atom. The number of rotatable bonds is 2. The molecule has 0 atom stereocenters. The van der Waals surface area contributed by atoms with Crippen molar-refractivity contribution in [1.29, 1.82) is 0 Å². The van der Waals surface area contributed by atoms with Crippen LogP contribution in [0.4, 0.5) is 0 Å². The first-order chi connectivity index (χ1) is 10.1. The molecular weight excluding hydrogens is 413 g/mol. The number of alkyl halides is 6. The maximum Gasteiger partial charge on any atom is 0.250 e. The van der Waals surface area contributed by atoms with Crippen LogP contribution < -0.4 is 4.74 Å². The fourth-order valence-corrected chi connectivity index (χ4v) is 2.17. The number of aromatic nitrogens is 2. The summed E-state index contributed by atoms with van der Waals surface area (Å²) < 4.78 is 1.49. The normalized spacial score (nSPS) is 12.3. The number of hydrogen-bond acceptors (Lipinski definition) is 3. The fourth-order valence-electron chi connectivity index (χ4n) is 1.63. The van der Waals surface area contributed by atoms with E-state index in [4.69, 9.17) is 74.3 Å². The van der Waals surface area contributed by atoms with Gasteiger partial charge in [-0.1, -0.05) is 69.6 Å². The van der Waals surface area contributed by atoms with Gasteiger partial charge in [-0.2, -0.15) is 0 Å². The van der Waals surface area contributed by atoms with Crippen LogP contribution in [0.3, 0.4) is 0 Å². The monoisotopic (exact) mass is 418 g/mol. The maximum absolute atomic E-state index is 5.88. The Bertz CT molecular complexity index is 631. The van der Waals surface area contributed by atoms with Gasteiger partial charge in [0.05, 0.1) is 18.5 Å². The topological polar surface area (TPSA) is 35.0 Å². The fraction of sp³-hybridized carbons (Fsp3) is 0.231. The summed E-state index contributed by atoms with van der Waals surface area (Å²) in [5.74, 6) is 0.619. The SMILES string of the molecule is COc1ccc(-c2cc(C(Cl)(Cl)Cl)nc(C(Cl)(Cl)Cl)n2)cc1. The largest absolute Gasteiger partial charge is 0.497 e. The quantitative estimate of drug-likeness (QED) is 0.575. The van der Waals surface area contributed by atoms with Crippen molar-refractivity contribution in [3.05, 3.63) is 41.9 Å². The van der Waals surface area contributed by atoms with Crippen molar-refractivity contribution < 1.29 is 4.74 Å². The standard InChI is InChI=1S/C13H8Cl6N2O/c1-22-8-4-2-7(3-5-8)9-6-10(12(14,15)16)21-11(20-9)13(17,18)19/h2-6H,1H3. The molecule has 0 aliphatic heterocycles. The second-order valence-corrected chi connectivity index (χ2v) is 8.75. The predicted molar refractivity (Wildman–Crippen MR) is 92.5 cm³/mol. The van der Waals surface area contributed by atoms with E-state index >= 15 is 0 Å². The van der Waals surface area contributed by atoms with E-state index in [0.717, 1.165) is 5.56 Å². The van der Waals surface area contributed by atoms with Crippen LogP contribution in [0, 0.1) is 0 Å². The van der Waals surface area contributed by atoms with Gasteiger partial charge < -0.3 is 4.74 Å². The van der Waals surface area contributed by atoms with Crippen molar-refractivity contribution in [3.8, 4) is 17.0 Å². The molecule has 3 nitrogen and oxygen atoms in total. The van der Waals surface area contributed by atoms with Gasteiger partial charge in [0, 0.05) is 5.56 Å². The number of hydrogen-bond donors (Lipinski definition) is 0. The summed E-state index contributed by atoms with van der Waals surface area (Å²) in [6.07, 6.45) is 0. The van der Waals surface area contributed by atoms with Gasteiger partial charge in [0.25, 0.3) is 0 Å². The highest BCUT2D eigenvalue weighted by Gasteiger charge is 2.32. The summed E-state index contributed by atoms with van der Waals surface area (Å²) in [4.78, 5) is 8.23. The molecule has 0 aliphatic rings. The van der Waals surface area contributed by atoms with E-state index in [0.29, 0.717) is 11.4 Å². The van der Waals surface area contributed by atoms with Crippen LogP contribution in [0.15, 0.2) is 30.3 Å². The summed E-state index contributed by atoms with van der Waals surface area (Å²) in [6, 6.07) is 8.62. The van der Waals surface area contributed by atoms with Crippen LogP contribution in [-0.4, -0.2) is 17.1 Å². The predicted octanol–water partition coefficient (Wildman–Crippen LogP) is 5.81. The Balaban J connectivity index is 2.59.